The van der Waals surface area contributed by atoms with Crippen LogP contribution >= 0.6 is 15.9 Å². The Morgan fingerprint density at radius 2 is 2.00 bits per heavy atom. The first-order chi connectivity index (χ1) is 8.97. The Hall–Kier alpha value is -1.62. The summed E-state index contributed by atoms with van der Waals surface area (Å²) in [7, 11) is 1.77. The highest BCUT2D eigenvalue weighted by atomic mass is 79.9. The first-order valence-electron chi connectivity index (χ1n) is 6.04. The number of amides is 1. The van der Waals surface area contributed by atoms with Gasteiger partial charge in [0.15, 0.2) is 0 Å². The molecule has 5 heteroatoms. The molecule has 1 amide bonds. The van der Waals surface area contributed by atoms with Crippen LogP contribution in [0.25, 0.3) is 0 Å². The smallest absolute Gasteiger partial charge is 0.270 e. The third-order valence-electron chi connectivity index (χ3n) is 2.95. The standard InChI is InChI=1S/C14H16BrN3O/c1-9-8-13(18(3)17-9)14(19)16-10(2)11-4-6-12(15)7-5-11/h4-8,10H,1-3H3,(H,16,19). The van der Waals surface area contributed by atoms with Crippen molar-refractivity contribution in [1.29, 1.82) is 0 Å². The van der Waals surface area contributed by atoms with Gasteiger partial charge in [-0.25, -0.2) is 0 Å². The molecule has 0 radical (unpaired) electrons. The first kappa shape index (κ1) is 13.8. The molecule has 0 fully saturated rings. The van der Waals surface area contributed by atoms with Gasteiger partial charge >= 0.3 is 0 Å². The predicted molar refractivity (Wildman–Crippen MR) is 78.0 cm³/mol. The van der Waals surface area contributed by atoms with E-state index in [1.54, 1.807) is 17.8 Å². The van der Waals surface area contributed by atoms with Crippen LogP contribution in [0.2, 0.25) is 0 Å². The topological polar surface area (TPSA) is 46.9 Å². The van der Waals surface area contributed by atoms with Gasteiger partial charge in [-0.3, -0.25) is 9.48 Å². The minimum absolute atomic E-state index is 0.0455. The van der Waals surface area contributed by atoms with Crippen molar-refractivity contribution in [3.63, 3.8) is 0 Å². The summed E-state index contributed by atoms with van der Waals surface area (Å²) in [5.41, 5.74) is 2.47. The molecule has 2 rings (SSSR count). The van der Waals surface area contributed by atoms with Gasteiger partial charge in [0, 0.05) is 11.5 Å². The first-order valence-corrected chi connectivity index (χ1v) is 6.83. The van der Waals surface area contributed by atoms with E-state index in [1.807, 2.05) is 38.1 Å². The lowest BCUT2D eigenvalue weighted by Crippen LogP contribution is -2.28. The summed E-state index contributed by atoms with van der Waals surface area (Å²) in [5, 5.41) is 7.14. The average Bonchev–Trinajstić information content (AvgIpc) is 2.69. The molecule has 1 atom stereocenters. The van der Waals surface area contributed by atoms with Crippen LogP contribution in [0.15, 0.2) is 34.8 Å². The number of rotatable bonds is 3. The van der Waals surface area contributed by atoms with E-state index >= 15 is 0 Å². The van der Waals surface area contributed by atoms with Crippen LogP contribution in [0.1, 0.15) is 34.7 Å². The zero-order valence-corrected chi connectivity index (χ0v) is 12.7. The second-order valence-electron chi connectivity index (χ2n) is 4.54. The number of carbonyl (C=O) groups is 1. The molecule has 1 N–H and O–H groups in total. The maximum Gasteiger partial charge on any atom is 0.270 e. The molecule has 0 bridgehead atoms. The number of hydrogen-bond acceptors (Lipinski definition) is 2. The number of hydrogen-bond donors (Lipinski definition) is 1. The molecule has 0 spiro atoms. The molecule has 4 nitrogen and oxygen atoms in total. The highest BCUT2D eigenvalue weighted by Crippen LogP contribution is 2.17. The van der Waals surface area contributed by atoms with Crippen LogP contribution in [-0.4, -0.2) is 15.7 Å². The van der Waals surface area contributed by atoms with Crippen molar-refractivity contribution in [3.8, 4) is 0 Å². The minimum Gasteiger partial charge on any atom is -0.344 e. The number of benzene rings is 1. The summed E-state index contributed by atoms with van der Waals surface area (Å²) in [4.78, 5) is 12.1. The predicted octanol–water partition coefficient (Wildman–Crippen LogP) is 2.98. The molecule has 0 aliphatic heterocycles. The summed E-state index contributed by atoms with van der Waals surface area (Å²) in [6.07, 6.45) is 0. The lowest BCUT2D eigenvalue weighted by Gasteiger charge is -2.14. The van der Waals surface area contributed by atoms with Gasteiger partial charge in [-0.15, -0.1) is 0 Å². The normalized spacial score (nSPS) is 12.2. The third kappa shape index (κ3) is 3.23. The van der Waals surface area contributed by atoms with E-state index in [4.69, 9.17) is 0 Å². The maximum atomic E-state index is 12.1. The average molecular weight is 322 g/mol. The SMILES string of the molecule is Cc1cc(C(=O)NC(C)c2ccc(Br)cc2)n(C)n1. The van der Waals surface area contributed by atoms with Gasteiger partial charge in [0.25, 0.3) is 5.91 Å². The third-order valence-corrected chi connectivity index (χ3v) is 3.48. The molecule has 1 aromatic heterocycles. The van der Waals surface area contributed by atoms with E-state index < -0.39 is 0 Å². The largest absolute Gasteiger partial charge is 0.344 e. The van der Waals surface area contributed by atoms with Crippen molar-refractivity contribution in [2.45, 2.75) is 19.9 Å². The Bertz CT molecular complexity index is 589. The summed E-state index contributed by atoms with van der Waals surface area (Å²) < 4.78 is 2.62. The second-order valence-corrected chi connectivity index (χ2v) is 5.46. The lowest BCUT2D eigenvalue weighted by atomic mass is 10.1. The Morgan fingerprint density at radius 3 is 2.53 bits per heavy atom. The Balaban J connectivity index is 2.10. The number of halogens is 1. The van der Waals surface area contributed by atoms with Crippen molar-refractivity contribution < 1.29 is 4.79 Å². The van der Waals surface area contributed by atoms with Gasteiger partial charge in [0.05, 0.1) is 11.7 Å². The molecule has 0 aliphatic rings. The Morgan fingerprint density at radius 1 is 1.37 bits per heavy atom. The number of nitrogens with zero attached hydrogens (tertiary/aromatic N) is 2. The van der Waals surface area contributed by atoms with Gasteiger partial charge in [0.1, 0.15) is 5.69 Å². The van der Waals surface area contributed by atoms with Gasteiger partial charge < -0.3 is 5.32 Å². The second kappa shape index (κ2) is 5.57. The molecule has 0 saturated carbocycles. The van der Waals surface area contributed by atoms with E-state index in [0.717, 1.165) is 15.7 Å². The van der Waals surface area contributed by atoms with Crippen molar-refractivity contribution in [2.75, 3.05) is 0 Å². The van der Waals surface area contributed by atoms with Gasteiger partial charge in [0.2, 0.25) is 0 Å². The van der Waals surface area contributed by atoms with Gasteiger partial charge in [-0.05, 0) is 37.6 Å². The van der Waals surface area contributed by atoms with Gasteiger partial charge in [-0.1, -0.05) is 28.1 Å². The summed E-state index contributed by atoms with van der Waals surface area (Å²) >= 11 is 3.40. The van der Waals surface area contributed by atoms with Crippen LogP contribution in [0.3, 0.4) is 0 Å². The quantitative estimate of drug-likeness (QED) is 0.944. The van der Waals surface area contributed by atoms with Crippen molar-refractivity contribution in [2.24, 2.45) is 7.05 Å². The molecule has 1 unspecified atom stereocenters. The highest BCUT2D eigenvalue weighted by Gasteiger charge is 2.15. The molecule has 19 heavy (non-hydrogen) atoms. The molecular weight excluding hydrogens is 306 g/mol. The van der Waals surface area contributed by atoms with Crippen molar-refractivity contribution in [3.05, 3.63) is 51.8 Å². The van der Waals surface area contributed by atoms with Crippen LogP contribution in [0, 0.1) is 6.92 Å². The molecule has 100 valence electrons. The van der Waals surface area contributed by atoms with E-state index in [9.17, 15) is 4.79 Å². The summed E-state index contributed by atoms with van der Waals surface area (Å²) in [6.45, 7) is 3.83. The molecular formula is C14H16BrN3O. The number of aromatic nitrogens is 2. The lowest BCUT2D eigenvalue weighted by molar-refractivity contribution is 0.0930. The van der Waals surface area contributed by atoms with E-state index in [-0.39, 0.29) is 11.9 Å². The fourth-order valence-electron chi connectivity index (χ4n) is 1.93. The fraction of sp³-hybridized carbons (Fsp3) is 0.286. The minimum atomic E-state index is -0.112. The van der Waals surface area contributed by atoms with Crippen molar-refractivity contribution >= 4 is 21.8 Å². The molecule has 0 saturated heterocycles. The van der Waals surface area contributed by atoms with Crippen LogP contribution in [-0.2, 0) is 7.05 Å². The fourth-order valence-corrected chi connectivity index (χ4v) is 2.19. The van der Waals surface area contributed by atoms with Crippen molar-refractivity contribution in [1.82, 2.24) is 15.1 Å². The molecule has 1 heterocycles. The van der Waals surface area contributed by atoms with E-state index in [1.165, 1.54) is 0 Å². The Labute approximate surface area is 120 Å². The van der Waals surface area contributed by atoms with Gasteiger partial charge in [-0.2, -0.15) is 5.10 Å². The van der Waals surface area contributed by atoms with Crippen LogP contribution in [0.4, 0.5) is 0 Å². The summed E-state index contributed by atoms with van der Waals surface area (Å²) in [5.74, 6) is -0.112. The molecule has 1 aromatic carbocycles. The van der Waals surface area contributed by atoms with Crippen LogP contribution in [0.5, 0.6) is 0 Å². The summed E-state index contributed by atoms with van der Waals surface area (Å²) in [6, 6.07) is 9.64. The van der Waals surface area contributed by atoms with E-state index in [0.29, 0.717) is 5.69 Å². The zero-order valence-electron chi connectivity index (χ0n) is 11.1. The number of aryl methyl sites for hydroxylation is 2. The molecule has 0 aliphatic carbocycles. The molecule has 2 aromatic rings. The number of nitrogens with one attached hydrogen (secondary N) is 1. The maximum absolute atomic E-state index is 12.1. The Kier molecular flexibility index (Phi) is 4.04. The van der Waals surface area contributed by atoms with E-state index in [2.05, 4.69) is 26.3 Å². The van der Waals surface area contributed by atoms with Crippen LogP contribution < -0.4 is 5.32 Å². The monoisotopic (exact) mass is 321 g/mol. The zero-order chi connectivity index (χ0) is 14.0. The number of carbonyl (C=O) groups excluding carboxylic acids is 1. The highest BCUT2D eigenvalue weighted by molar-refractivity contribution is 9.10.